The van der Waals surface area contributed by atoms with Crippen LogP contribution >= 0.6 is 23.2 Å². The topological polar surface area (TPSA) is 97.9 Å². The van der Waals surface area contributed by atoms with Crippen molar-refractivity contribution >= 4 is 52.0 Å². The number of benzene rings is 1. The summed E-state index contributed by atoms with van der Waals surface area (Å²) in [6.45, 7) is 6.20. The predicted octanol–water partition coefficient (Wildman–Crippen LogP) is 4.90. The van der Waals surface area contributed by atoms with Crippen LogP contribution in [0.5, 0.6) is 0 Å². The number of pyridine rings is 1. The average Bonchev–Trinajstić information content (AvgIpc) is 2.99. The fraction of sp³-hybridized carbons (Fsp3) is 0.484. The smallest absolute Gasteiger partial charge is 0.253 e. The molecule has 42 heavy (non-hydrogen) atoms. The van der Waals surface area contributed by atoms with Gasteiger partial charge >= 0.3 is 0 Å². The summed E-state index contributed by atoms with van der Waals surface area (Å²) in [5.41, 5.74) is 0.934. The number of likely N-dealkylation sites (tertiary alicyclic amines) is 1. The molecule has 3 fully saturated rings. The molecular formula is C31H36Cl2N6O3. The molecule has 6 rings (SSSR count). The Morgan fingerprint density at radius 2 is 1.69 bits per heavy atom. The minimum atomic E-state index is -0.515. The number of amides is 1. The molecule has 2 saturated heterocycles. The van der Waals surface area contributed by atoms with Gasteiger partial charge in [-0.1, -0.05) is 30.1 Å². The van der Waals surface area contributed by atoms with Crippen molar-refractivity contribution in [2.75, 3.05) is 48.3 Å². The highest BCUT2D eigenvalue weighted by Gasteiger charge is 2.35. The number of aromatic nitrogens is 1. The van der Waals surface area contributed by atoms with Crippen molar-refractivity contribution < 1.29 is 4.79 Å². The van der Waals surface area contributed by atoms with Gasteiger partial charge in [-0.3, -0.25) is 19.3 Å². The van der Waals surface area contributed by atoms with Crippen LogP contribution in [0.4, 0.5) is 22.9 Å². The maximum Gasteiger partial charge on any atom is 0.253 e. The number of carbonyl (C=O) groups is 1. The third kappa shape index (κ3) is 5.74. The highest BCUT2D eigenvalue weighted by atomic mass is 35.5. The summed E-state index contributed by atoms with van der Waals surface area (Å²) < 4.78 is 0. The van der Waals surface area contributed by atoms with E-state index < -0.39 is 10.9 Å². The van der Waals surface area contributed by atoms with Crippen molar-refractivity contribution in [1.29, 1.82) is 0 Å². The van der Waals surface area contributed by atoms with E-state index in [1.165, 1.54) is 0 Å². The van der Waals surface area contributed by atoms with Gasteiger partial charge in [0, 0.05) is 61.4 Å². The first kappa shape index (κ1) is 29.0. The minimum Gasteiger partial charge on any atom is -0.377 e. The number of hydrogen-bond donors (Lipinski definition) is 2. The molecule has 9 nitrogen and oxygen atoms in total. The van der Waals surface area contributed by atoms with Crippen LogP contribution in [0.2, 0.25) is 10.0 Å². The lowest BCUT2D eigenvalue weighted by molar-refractivity contribution is 0.0491. The van der Waals surface area contributed by atoms with Gasteiger partial charge in [0.1, 0.15) is 17.2 Å². The van der Waals surface area contributed by atoms with E-state index in [9.17, 15) is 14.4 Å². The molecule has 3 aliphatic rings. The molecule has 0 unspecified atom stereocenters. The highest BCUT2D eigenvalue weighted by molar-refractivity contribution is 6.33. The molecule has 1 atom stereocenters. The summed E-state index contributed by atoms with van der Waals surface area (Å²) in [5, 5.41) is 7.40. The van der Waals surface area contributed by atoms with Gasteiger partial charge in [-0.2, -0.15) is 0 Å². The summed E-state index contributed by atoms with van der Waals surface area (Å²) in [6.07, 6.45) is 7.72. The zero-order valence-electron chi connectivity index (χ0n) is 23.7. The lowest BCUT2D eigenvalue weighted by atomic mass is 9.92. The van der Waals surface area contributed by atoms with Crippen LogP contribution in [0.15, 0.2) is 46.1 Å². The fourth-order valence-corrected chi connectivity index (χ4v) is 6.77. The summed E-state index contributed by atoms with van der Waals surface area (Å²) in [5.74, 6) is 0.789. The molecule has 0 spiro atoms. The Kier molecular flexibility index (Phi) is 8.43. The molecule has 1 amide bonds. The van der Waals surface area contributed by atoms with Crippen molar-refractivity contribution in [2.24, 2.45) is 0 Å². The molecule has 1 aromatic heterocycles. The number of anilines is 4. The largest absolute Gasteiger partial charge is 0.377 e. The Hall–Kier alpha value is -3.14. The van der Waals surface area contributed by atoms with E-state index in [4.69, 9.17) is 23.2 Å². The molecule has 3 heterocycles. The minimum absolute atomic E-state index is 0.0658. The Morgan fingerprint density at radius 1 is 0.976 bits per heavy atom. The Labute approximate surface area is 255 Å². The quantitative estimate of drug-likeness (QED) is 0.348. The number of halogens is 2. The first-order chi connectivity index (χ1) is 20.3. The standard InChI is InChI=1S/C31H36Cl2N6O3/c1-2-23-18-38(14-15-39(23)24-10-12-37(13-11-24)31(42)19-6-8-20(32)9-7-19)30-25(33)16-22(17-34-30)36-27-26(28(40)29(27)41)35-21-4-3-5-21/h6-9,16-17,21,23-24,35-36H,2-5,10-15,18H2,1H3/t23-/m0/s1. The van der Waals surface area contributed by atoms with Crippen molar-refractivity contribution in [2.45, 2.75) is 63.6 Å². The van der Waals surface area contributed by atoms with E-state index in [0.29, 0.717) is 39.1 Å². The summed E-state index contributed by atoms with van der Waals surface area (Å²) >= 11 is 12.7. The van der Waals surface area contributed by atoms with E-state index in [-0.39, 0.29) is 17.6 Å². The highest BCUT2D eigenvalue weighted by Crippen LogP contribution is 2.33. The van der Waals surface area contributed by atoms with Gasteiger partial charge in [0.15, 0.2) is 0 Å². The number of nitrogens with one attached hydrogen (secondary N) is 2. The predicted molar refractivity (Wildman–Crippen MR) is 169 cm³/mol. The summed E-state index contributed by atoms with van der Waals surface area (Å²) in [7, 11) is 0. The van der Waals surface area contributed by atoms with Gasteiger partial charge in [-0.05, 0) is 68.9 Å². The van der Waals surface area contributed by atoms with E-state index in [2.05, 4.69) is 32.3 Å². The van der Waals surface area contributed by atoms with E-state index >= 15 is 0 Å². The lowest BCUT2D eigenvalue weighted by Crippen LogP contribution is -2.58. The van der Waals surface area contributed by atoms with Crippen LogP contribution in [-0.4, -0.2) is 71.5 Å². The first-order valence-corrected chi connectivity index (χ1v) is 15.7. The molecule has 0 radical (unpaired) electrons. The SMILES string of the molecule is CC[C@H]1CN(c2ncc(Nc3c(NC4CCC4)c(=O)c3=O)cc2Cl)CCN1C1CCN(C(=O)c2ccc(Cl)cc2)CC1. The molecule has 2 N–H and O–H groups in total. The second-order valence-corrected chi connectivity index (χ2v) is 12.5. The Morgan fingerprint density at radius 3 is 2.33 bits per heavy atom. The molecule has 0 bridgehead atoms. The average molecular weight is 612 g/mol. The van der Waals surface area contributed by atoms with E-state index in [1.807, 2.05) is 4.90 Å². The number of rotatable bonds is 8. The molecule has 11 heteroatoms. The van der Waals surface area contributed by atoms with Crippen molar-refractivity contribution in [1.82, 2.24) is 14.8 Å². The van der Waals surface area contributed by atoms with Crippen LogP contribution < -0.4 is 26.4 Å². The molecular weight excluding hydrogens is 575 g/mol. The van der Waals surface area contributed by atoms with Crippen LogP contribution in [0, 0.1) is 0 Å². The number of nitrogens with zero attached hydrogens (tertiary/aromatic N) is 4. The van der Waals surface area contributed by atoms with E-state index in [0.717, 1.165) is 77.1 Å². The van der Waals surface area contributed by atoms with Gasteiger partial charge in [-0.15, -0.1) is 0 Å². The molecule has 1 aliphatic carbocycles. The normalized spacial score (nSPS) is 20.5. The Balaban J connectivity index is 1.06. The zero-order chi connectivity index (χ0) is 29.4. The lowest BCUT2D eigenvalue weighted by Gasteiger charge is -2.47. The third-order valence-electron chi connectivity index (χ3n) is 9.07. The molecule has 2 aromatic carbocycles. The van der Waals surface area contributed by atoms with Crippen molar-refractivity contribution in [3.8, 4) is 0 Å². The number of carbonyl (C=O) groups excluding carboxylic acids is 1. The van der Waals surface area contributed by atoms with Gasteiger partial charge in [0.2, 0.25) is 0 Å². The number of hydrogen-bond acceptors (Lipinski definition) is 8. The monoisotopic (exact) mass is 610 g/mol. The Bertz CT molecular complexity index is 1510. The van der Waals surface area contributed by atoms with Gasteiger partial charge < -0.3 is 20.4 Å². The summed E-state index contributed by atoms with van der Waals surface area (Å²) in [4.78, 5) is 48.7. The fourth-order valence-electron chi connectivity index (χ4n) is 6.36. The van der Waals surface area contributed by atoms with Crippen molar-refractivity contribution in [3.05, 3.63) is 72.6 Å². The third-order valence-corrected chi connectivity index (χ3v) is 9.60. The molecule has 1 saturated carbocycles. The molecule has 222 valence electrons. The summed E-state index contributed by atoms with van der Waals surface area (Å²) in [6, 6.07) is 9.92. The van der Waals surface area contributed by atoms with Crippen LogP contribution in [0.1, 0.15) is 55.8 Å². The zero-order valence-corrected chi connectivity index (χ0v) is 25.3. The first-order valence-electron chi connectivity index (χ1n) is 14.9. The van der Waals surface area contributed by atoms with Gasteiger partial charge in [0.05, 0.1) is 16.9 Å². The molecule has 2 aliphatic heterocycles. The van der Waals surface area contributed by atoms with Crippen LogP contribution in [0.3, 0.4) is 0 Å². The number of piperidine rings is 1. The van der Waals surface area contributed by atoms with Gasteiger partial charge in [-0.25, -0.2) is 4.98 Å². The van der Waals surface area contributed by atoms with Crippen LogP contribution in [0.25, 0.3) is 0 Å². The van der Waals surface area contributed by atoms with Crippen molar-refractivity contribution in [3.63, 3.8) is 0 Å². The second kappa shape index (κ2) is 12.2. The maximum atomic E-state index is 13.0. The molecule has 3 aromatic rings. The second-order valence-electron chi connectivity index (χ2n) is 11.6. The van der Waals surface area contributed by atoms with Crippen LogP contribution in [-0.2, 0) is 0 Å². The van der Waals surface area contributed by atoms with Gasteiger partial charge in [0.25, 0.3) is 16.8 Å². The van der Waals surface area contributed by atoms with E-state index in [1.54, 1.807) is 36.5 Å². The maximum absolute atomic E-state index is 13.0. The number of piperazine rings is 1.